The molecular weight excluding hydrogens is 310 g/mol. The summed E-state index contributed by atoms with van der Waals surface area (Å²) in [5, 5.41) is 13.7. The summed E-state index contributed by atoms with van der Waals surface area (Å²) in [7, 11) is 1.54. The van der Waals surface area contributed by atoms with Gasteiger partial charge in [-0.1, -0.05) is 11.6 Å². The van der Waals surface area contributed by atoms with Gasteiger partial charge < -0.3 is 14.8 Å². The number of hydrogen-bond acceptors (Lipinski definition) is 6. The maximum absolute atomic E-state index is 11.8. The van der Waals surface area contributed by atoms with E-state index in [1.165, 1.54) is 18.1 Å². The lowest BCUT2D eigenvalue weighted by Gasteiger charge is -2.13. The Morgan fingerprint density at radius 2 is 2.27 bits per heavy atom. The van der Waals surface area contributed by atoms with E-state index in [9.17, 15) is 4.79 Å². The zero-order chi connectivity index (χ0) is 15.9. The molecule has 0 bridgehead atoms. The molecule has 0 radical (unpaired) electrons. The average Bonchev–Trinajstić information content (AvgIpc) is 3.00. The van der Waals surface area contributed by atoms with Crippen molar-refractivity contribution in [2.24, 2.45) is 0 Å². The molecule has 0 fully saturated rings. The fourth-order valence-electron chi connectivity index (χ4n) is 1.82. The van der Waals surface area contributed by atoms with Gasteiger partial charge in [-0.25, -0.2) is 4.68 Å². The minimum absolute atomic E-state index is 0.0505. The summed E-state index contributed by atoms with van der Waals surface area (Å²) in [6.07, 6.45) is 1.37. The Morgan fingerprint density at radius 1 is 1.45 bits per heavy atom. The van der Waals surface area contributed by atoms with E-state index in [1.807, 2.05) is 6.92 Å². The fraction of sp³-hybridized carbons (Fsp3) is 0.385. The Hall–Kier alpha value is -2.35. The highest BCUT2D eigenvalue weighted by molar-refractivity contribution is 6.32. The molecule has 0 aliphatic carbocycles. The number of hydrogen-bond donors (Lipinski definition) is 1. The quantitative estimate of drug-likeness (QED) is 0.818. The van der Waals surface area contributed by atoms with Crippen LogP contribution in [0.4, 0.5) is 0 Å². The summed E-state index contributed by atoms with van der Waals surface area (Å²) in [4.78, 5) is 11.8. The van der Waals surface area contributed by atoms with Gasteiger partial charge >= 0.3 is 0 Å². The van der Waals surface area contributed by atoms with Crippen molar-refractivity contribution in [2.45, 2.75) is 20.0 Å². The first-order valence-electron chi connectivity index (χ1n) is 6.60. The molecule has 9 heteroatoms. The monoisotopic (exact) mass is 325 g/mol. The third-order valence-electron chi connectivity index (χ3n) is 2.76. The first-order chi connectivity index (χ1) is 10.6. The standard InChI is InChI=1S/C13H16ClN5O3/c1-3-22-13-10(14)4-9(5-11(13)21-2)6-15-12(20)7-19-8-16-17-18-19/h4-5,8H,3,6-7H2,1-2H3,(H,15,20). The number of methoxy groups -OCH3 is 1. The SMILES string of the molecule is CCOc1c(Cl)cc(CNC(=O)Cn2cnnn2)cc1OC. The van der Waals surface area contributed by atoms with Crippen molar-refractivity contribution in [3.8, 4) is 11.5 Å². The normalized spacial score (nSPS) is 10.3. The molecule has 8 nitrogen and oxygen atoms in total. The van der Waals surface area contributed by atoms with E-state index in [0.29, 0.717) is 29.7 Å². The van der Waals surface area contributed by atoms with Gasteiger partial charge in [0.05, 0.1) is 18.7 Å². The van der Waals surface area contributed by atoms with Crippen LogP contribution in [0.2, 0.25) is 5.02 Å². The van der Waals surface area contributed by atoms with Gasteiger partial charge in [-0.2, -0.15) is 0 Å². The predicted molar refractivity (Wildman–Crippen MR) is 78.8 cm³/mol. The smallest absolute Gasteiger partial charge is 0.242 e. The van der Waals surface area contributed by atoms with Crippen molar-refractivity contribution < 1.29 is 14.3 Å². The Kier molecular flexibility index (Phi) is 5.54. The average molecular weight is 326 g/mol. The molecule has 1 N–H and O–H groups in total. The van der Waals surface area contributed by atoms with Crippen LogP contribution in [0.1, 0.15) is 12.5 Å². The van der Waals surface area contributed by atoms with Crippen molar-refractivity contribution >= 4 is 17.5 Å². The number of tetrazole rings is 1. The van der Waals surface area contributed by atoms with Crippen LogP contribution in [-0.4, -0.2) is 39.8 Å². The van der Waals surface area contributed by atoms with Crippen molar-refractivity contribution in [1.29, 1.82) is 0 Å². The fourth-order valence-corrected chi connectivity index (χ4v) is 2.10. The Bertz CT molecular complexity index is 633. The van der Waals surface area contributed by atoms with Crippen LogP contribution < -0.4 is 14.8 Å². The molecule has 0 saturated carbocycles. The van der Waals surface area contributed by atoms with Crippen molar-refractivity contribution in [3.63, 3.8) is 0 Å². The number of nitrogens with zero attached hydrogens (tertiary/aromatic N) is 4. The van der Waals surface area contributed by atoms with Crippen molar-refractivity contribution in [3.05, 3.63) is 29.0 Å². The van der Waals surface area contributed by atoms with E-state index in [0.717, 1.165) is 5.56 Å². The maximum Gasteiger partial charge on any atom is 0.242 e. The Morgan fingerprint density at radius 3 is 2.91 bits per heavy atom. The maximum atomic E-state index is 11.8. The summed E-state index contributed by atoms with van der Waals surface area (Å²) in [5.41, 5.74) is 0.801. The number of nitrogens with one attached hydrogen (secondary N) is 1. The number of carbonyl (C=O) groups is 1. The number of amides is 1. The van der Waals surface area contributed by atoms with E-state index in [2.05, 4.69) is 20.8 Å². The highest BCUT2D eigenvalue weighted by Gasteiger charge is 2.12. The van der Waals surface area contributed by atoms with Crippen LogP contribution in [0.3, 0.4) is 0 Å². The van der Waals surface area contributed by atoms with Crippen LogP contribution in [0.25, 0.3) is 0 Å². The number of aromatic nitrogens is 4. The summed E-state index contributed by atoms with van der Waals surface area (Å²) < 4.78 is 12.0. The van der Waals surface area contributed by atoms with Crippen molar-refractivity contribution in [2.75, 3.05) is 13.7 Å². The summed E-state index contributed by atoms with van der Waals surface area (Å²) >= 11 is 6.17. The summed E-state index contributed by atoms with van der Waals surface area (Å²) in [6.45, 7) is 2.71. The lowest BCUT2D eigenvalue weighted by Crippen LogP contribution is -2.27. The van der Waals surface area contributed by atoms with Gasteiger partial charge in [0.25, 0.3) is 0 Å². The molecule has 1 aromatic heterocycles. The van der Waals surface area contributed by atoms with Gasteiger partial charge in [-0.05, 0) is 35.0 Å². The molecule has 0 aliphatic heterocycles. The molecule has 2 aromatic rings. The molecule has 22 heavy (non-hydrogen) atoms. The van der Waals surface area contributed by atoms with Crippen LogP contribution in [0.15, 0.2) is 18.5 Å². The molecule has 1 heterocycles. The first kappa shape index (κ1) is 16.0. The molecule has 0 atom stereocenters. The number of ether oxygens (including phenoxy) is 2. The zero-order valence-corrected chi connectivity index (χ0v) is 13.0. The molecule has 0 spiro atoms. The minimum atomic E-state index is -0.212. The van der Waals surface area contributed by atoms with E-state index < -0.39 is 0 Å². The second kappa shape index (κ2) is 7.60. The molecular formula is C13H16ClN5O3. The third kappa shape index (κ3) is 4.08. The van der Waals surface area contributed by atoms with Crippen LogP contribution in [0.5, 0.6) is 11.5 Å². The number of carbonyl (C=O) groups excluding carboxylic acids is 1. The first-order valence-corrected chi connectivity index (χ1v) is 6.98. The molecule has 1 aromatic carbocycles. The molecule has 118 valence electrons. The minimum Gasteiger partial charge on any atom is -0.493 e. The topological polar surface area (TPSA) is 91.2 Å². The van der Waals surface area contributed by atoms with Crippen LogP contribution >= 0.6 is 11.6 Å². The van der Waals surface area contributed by atoms with Gasteiger partial charge in [0.15, 0.2) is 11.5 Å². The van der Waals surface area contributed by atoms with E-state index in [4.69, 9.17) is 21.1 Å². The van der Waals surface area contributed by atoms with Gasteiger partial charge in [0.1, 0.15) is 12.9 Å². The Balaban J connectivity index is 2.00. The second-order valence-corrected chi connectivity index (χ2v) is 4.73. The predicted octanol–water partition coefficient (Wildman–Crippen LogP) is 1.05. The Labute approximate surface area is 132 Å². The largest absolute Gasteiger partial charge is 0.493 e. The molecule has 0 unspecified atom stereocenters. The van der Waals surface area contributed by atoms with E-state index >= 15 is 0 Å². The summed E-state index contributed by atoms with van der Waals surface area (Å²) in [5.74, 6) is 0.811. The molecule has 1 amide bonds. The molecule has 0 saturated heterocycles. The zero-order valence-electron chi connectivity index (χ0n) is 12.2. The lowest BCUT2D eigenvalue weighted by atomic mass is 10.2. The second-order valence-electron chi connectivity index (χ2n) is 4.33. The van der Waals surface area contributed by atoms with E-state index in [1.54, 1.807) is 12.1 Å². The van der Waals surface area contributed by atoms with Gasteiger partial charge in [-0.3, -0.25) is 4.79 Å². The van der Waals surface area contributed by atoms with Crippen LogP contribution in [-0.2, 0) is 17.9 Å². The van der Waals surface area contributed by atoms with Crippen LogP contribution in [0, 0.1) is 0 Å². The number of halogens is 1. The lowest BCUT2D eigenvalue weighted by molar-refractivity contribution is -0.122. The molecule has 2 rings (SSSR count). The number of benzene rings is 1. The van der Waals surface area contributed by atoms with Gasteiger partial charge in [0, 0.05) is 6.54 Å². The third-order valence-corrected chi connectivity index (χ3v) is 3.05. The molecule has 0 aliphatic rings. The van der Waals surface area contributed by atoms with E-state index in [-0.39, 0.29) is 12.5 Å². The summed E-state index contributed by atoms with van der Waals surface area (Å²) in [6, 6.07) is 3.50. The van der Waals surface area contributed by atoms with Crippen molar-refractivity contribution in [1.82, 2.24) is 25.5 Å². The van der Waals surface area contributed by atoms with Gasteiger partial charge in [0.2, 0.25) is 5.91 Å². The highest BCUT2D eigenvalue weighted by atomic mass is 35.5. The highest BCUT2D eigenvalue weighted by Crippen LogP contribution is 2.36. The van der Waals surface area contributed by atoms with Gasteiger partial charge in [-0.15, -0.1) is 5.10 Å². The number of rotatable bonds is 7.